The number of fused-ring (bicyclic) bond motifs is 1. The summed E-state index contributed by atoms with van der Waals surface area (Å²) in [6.07, 6.45) is 1.93. The van der Waals surface area contributed by atoms with E-state index in [1.54, 1.807) is 36.4 Å². The number of benzene rings is 2. The van der Waals surface area contributed by atoms with Crippen molar-refractivity contribution in [3.8, 4) is 5.75 Å². The van der Waals surface area contributed by atoms with Crippen molar-refractivity contribution >= 4 is 41.1 Å². The van der Waals surface area contributed by atoms with Gasteiger partial charge in [-0.25, -0.2) is 0 Å². The van der Waals surface area contributed by atoms with E-state index in [0.29, 0.717) is 33.3 Å². The Morgan fingerprint density at radius 2 is 1.60 bits per heavy atom. The molecule has 0 radical (unpaired) electrons. The summed E-state index contributed by atoms with van der Waals surface area (Å²) in [6, 6.07) is 13.2. The molecule has 0 heterocycles. The zero-order valence-electron chi connectivity index (χ0n) is 16.6. The number of carbonyl (C=O) groups excluding carboxylic acids is 3. The van der Waals surface area contributed by atoms with Crippen LogP contribution < -0.4 is 0 Å². The third-order valence-corrected chi connectivity index (χ3v) is 6.72. The molecule has 7 heteroatoms. The van der Waals surface area contributed by atoms with Crippen LogP contribution in [0.4, 0.5) is 0 Å². The number of Topliss-reactive ketones (excluding diaryl/α,β-unsaturated/α-hetero) is 2. The number of thioether (sulfide) groups is 2. The lowest BCUT2D eigenvalue weighted by Gasteiger charge is -2.20. The number of hydrogen-bond acceptors (Lipinski definition) is 7. The van der Waals surface area contributed by atoms with Gasteiger partial charge in [0.2, 0.25) is 11.6 Å². The Hall–Kier alpha value is -2.51. The molecule has 156 valence electrons. The fourth-order valence-electron chi connectivity index (χ4n) is 2.82. The third-order valence-electron chi connectivity index (χ3n) is 4.41. The van der Waals surface area contributed by atoms with E-state index in [1.807, 2.05) is 6.92 Å². The summed E-state index contributed by atoms with van der Waals surface area (Å²) >= 11 is 2.40. The molecule has 0 fully saturated rings. The molecule has 0 bridgehead atoms. The number of aromatic hydroxyl groups is 1. The quantitative estimate of drug-likeness (QED) is 0.420. The lowest BCUT2D eigenvalue weighted by molar-refractivity contribution is -0.143. The molecule has 3 rings (SSSR count). The van der Waals surface area contributed by atoms with Crippen molar-refractivity contribution in [1.29, 1.82) is 0 Å². The second-order valence-electron chi connectivity index (χ2n) is 6.63. The van der Waals surface area contributed by atoms with E-state index < -0.39 is 0 Å². The molecule has 0 amide bonds. The summed E-state index contributed by atoms with van der Waals surface area (Å²) in [4.78, 5) is 39.5. The number of unbranched alkanes of at least 4 members (excludes halogenated alkanes) is 1. The van der Waals surface area contributed by atoms with Gasteiger partial charge in [-0.05, 0) is 30.7 Å². The molecule has 0 spiro atoms. The lowest BCUT2D eigenvalue weighted by Crippen LogP contribution is -2.20. The molecule has 0 atom stereocenters. The van der Waals surface area contributed by atoms with Gasteiger partial charge >= 0.3 is 5.97 Å². The van der Waals surface area contributed by atoms with Crippen LogP contribution in [0.5, 0.6) is 5.75 Å². The molecule has 0 saturated heterocycles. The summed E-state index contributed by atoms with van der Waals surface area (Å²) in [5.74, 6) is -0.256. The van der Waals surface area contributed by atoms with Gasteiger partial charge in [-0.15, -0.1) is 11.8 Å². The lowest BCUT2D eigenvalue weighted by atomic mass is 9.94. The predicted octanol–water partition coefficient (Wildman–Crippen LogP) is 5.24. The van der Waals surface area contributed by atoms with Crippen molar-refractivity contribution in [1.82, 2.24) is 0 Å². The molecule has 0 unspecified atom stereocenters. The van der Waals surface area contributed by atoms with E-state index in [4.69, 9.17) is 4.74 Å². The minimum atomic E-state index is -0.306. The summed E-state index contributed by atoms with van der Waals surface area (Å²) in [7, 11) is 0. The van der Waals surface area contributed by atoms with Crippen LogP contribution in [0.3, 0.4) is 0 Å². The molecule has 5 nitrogen and oxygen atoms in total. The number of allylic oxidation sites excluding steroid dienone is 2. The minimum Gasteiger partial charge on any atom is -0.508 e. The first-order valence-electron chi connectivity index (χ1n) is 9.69. The standard InChI is InChI=1S/C23H22O5S2/c1-2-3-13-28-19(25)12-14-29-22-20(26)17-6-4-5-7-18(17)21(27)23(22)30-16-10-8-15(24)9-11-16/h4-11,24H,2-3,12-14H2,1H3. The summed E-state index contributed by atoms with van der Waals surface area (Å²) < 4.78 is 5.16. The average Bonchev–Trinajstić information content (AvgIpc) is 2.75. The Morgan fingerprint density at radius 3 is 2.23 bits per heavy atom. The van der Waals surface area contributed by atoms with Gasteiger partial charge < -0.3 is 9.84 Å². The number of phenols is 1. The fraction of sp³-hybridized carbons (Fsp3) is 0.261. The molecule has 0 saturated carbocycles. The maximum absolute atomic E-state index is 13.1. The number of hydrogen-bond donors (Lipinski definition) is 1. The molecule has 0 aromatic heterocycles. The van der Waals surface area contributed by atoms with E-state index in [0.717, 1.165) is 17.7 Å². The molecule has 2 aromatic rings. The highest BCUT2D eigenvalue weighted by molar-refractivity contribution is 8.08. The van der Waals surface area contributed by atoms with Gasteiger partial charge in [0.05, 0.1) is 22.8 Å². The first kappa shape index (κ1) is 22.2. The van der Waals surface area contributed by atoms with E-state index in [-0.39, 0.29) is 29.7 Å². The zero-order valence-corrected chi connectivity index (χ0v) is 18.2. The Labute approximate surface area is 183 Å². The van der Waals surface area contributed by atoms with Gasteiger partial charge in [0, 0.05) is 21.8 Å². The predicted molar refractivity (Wildman–Crippen MR) is 119 cm³/mol. The first-order valence-corrected chi connectivity index (χ1v) is 11.5. The summed E-state index contributed by atoms with van der Waals surface area (Å²) in [5.41, 5.74) is 0.762. The molecule has 0 aliphatic heterocycles. The molecule has 2 aromatic carbocycles. The molecular formula is C23H22O5S2. The van der Waals surface area contributed by atoms with E-state index >= 15 is 0 Å². The number of ketones is 2. The topological polar surface area (TPSA) is 80.7 Å². The zero-order chi connectivity index (χ0) is 21.5. The second kappa shape index (κ2) is 10.5. The van der Waals surface area contributed by atoms with Gasteiger partial charge in [0.25, 0.3) is 0 Å². The first-order chi connectivity index (χ1) is 14.5. The molecular weight excluding hydrogens is 420 g/mol. The maximum atomic E-state index is 13.1. The van der Waals surface area contributed by atoms with Crippen molar-refractivity contribution in [3.63, 3.8) is 0 Å². The molecule has 1 N–H and O–H groups in total. The Balaban J connectivity index is 1.81. The van der Waals surface area contributed by atoms with Crippen LogP contribution in [-0.4, -0.2) is 35.0 Å². The number of carbonyl (C=O) groups is 3. The highest BCUT2D eigenvalue weighted by Gasteiger charge is 2.33. The van der Waals surface area contributed by atoms with Crippen LogP contribution >= 0.6 is 23.5 Å². The number of ether oxygens (including phenoxy) is 1. The van der Waals surface area contributed by atoms with E-state index in [2.05, 4.69) is 0 Å². The van der Waals surface area contributed by atoms with Gasteiger partial charge in [0.1, 0.15) is 5.75 Å². The van der Waals surface area contributed by atoms with Crippen molar-refractivity contribution < 1.29 is 24.2 Å². The summed E-state index contributed by atoms with van der Waals surface area (Å²) in [6.45, 7) is 2.42. The molecule has 1 aliphatic carbocycles. The highest BCUT2D eigenvalue weighted by atomic mass is 32.2. The monoisotopic (exact) mass is 442 g/mol. The van der Waals surface area contributed by atoms with Crippen molar-refractivity contribution in [3.05, 3.63) is 69.5 Å². The van der Waals surface area contributed by atoms with E-state index in [1.165, 1.54) is 35.7 Å². The van der Waals surface area contributed by atoms with Crippen LogP contribution in [0.25, 0.3) is 0 Å². The molecule has 30 heavy (non-hydrogen) atoms. The largest absolute Gasteiger partial charge is 0.508 e. The Kier molecular flexibility index (Phi) is 7.76. The Morgan fingerprint density at radius 1 is 0.967 bits per heavy atom. The van der Waals surface area contributed by atoms with Crippen molar-refractivity contribution in [2.24, 2.45) is 0 Å². The third kappa shape index (κ3) is 5.34. The summed E-state index contributed by atoms with van der Waals surface area (Å²) in [5, 5.41) is 9.49. The number of rotatable bonds is 9. The molecule has 1 aliphatic rings. The van der Waals surface area contributed by atoms with Crippen LogP contribution in [0.2, 0.25) is 0 Å². The van der Waals surface area contributed by atoms with Gasteiger partial charge in [-0.2, -0.15) is 0 Å². The van der Waals surface area contributed by atoms with Crippen LogP contribution in [0.15, 0.2) is 63.2 Å². The Bertz CT molecular complexity index is 979. The van der Waals surface area contributed by atoms with Gasteiger partial charge in [-0.3, -0.25) is 14.4 Å². The van der Waals surface area contributed by atoms with Crippen molar-refractivity contribution in [2.45, 2.75) is 31.1 Å². The van der Waals surface area contributed by atoms with Gasteiger partial charge in [-0.1, -0.05) is 49.4 Å². The van der Waals surface area contributed by atoms with Crippen LogP contribution in [-0.2, 0) is 9.53 Å². The fourth-order valence-corrected chi connectivity index (χ4v) is 4.96. The van der Waals surface area contributed by atoms with E-state index in [9.17, 15) is 19.5 Å². The minimum absolute atomic E-state index is 0.126. The van der Waals surface area contributed by atoms with Crippen LogP contribution in [0.1, 0.15) is 46.9 Å². The second-order valence-corrected chi connectivity index (χ2v) is 8.82. The number of esters is 1. The van der Waals surface area contributed by atoms with Gasteiger partial charge in [0.15, 0.2) is 0 Å². The normalized spacial score (nSPS) is 13.4. The highest BCUT2D eigenvalue weighted by Crippen LogP contribution is 2.41. The average molecular weight is 443 g/mol. The van der Waals surface area contributed by atoms with Crippen LogP contribution in [0, 0.1) is 0 Å². The maximum Gasteiger partial charge on any atom is 0.306 e. The number of phenolic OH excluding ortho intramolecular Hbond substituents is 1. The van der Waals surface area contributed by atoms with Crippen molar-refractivity contribution in [2.75, 3.05) is 12.4 Å². The SMILES string of the molecule is CCCCOC(=O)CCSC1=C(Sc2ccc(O)cc2)C(=O)c2ccccc2C1=O. The smallest absolute Gasteiger partial charge is 0.306 e.